The Morgan fingerprint density at radius 1 is 1.27 bits per heavy atom. The number of carbonyl (C=O) groups excluding carboxylic acids is 1. The first kappa shape index (κ1) is 16.1. The van der Waals surface area contributed by atoms with Crippen LogP contribution in [0.25, 0.3) is 0 Å². The number of nitrogens with one attached hydrogen (secondary N) is 2. The van der Waals surface area contributed by atoms with Crippen molar-refractivity contribution in [2.45, 2.75) is 26.0 Å². The van der Waals surface area contributed by atoms with Crippen molar-refractivity contribution in [2.24, 2.45) is 0 Å². The van der Waals surface area contributed by atoms with Gasteiger partial charge in [0.15, 0.2) is 0 Å². The third-order valence-corrected chi connectivity index (χ3v) is 3.26. The van der Waals surface area contributed by atoms with Gasteiger partial charge in [-0.2, -0.15) is 0 Å². The number of amides is 1. The highest BCUT2D eigenvalue weighted by Crippen LogP contribution is 2.18. The minimum Gasteiger partial charge on any atom is -0.388 e. The van der Waals surface area contributed by atoms with Crippen molar-refractivity contribution in [3.8, 4) is 0 Å². The number of nitrogens with zero attached hydrogens (tertiary/aromatic N) is 1. The fourth-order valence-corrected chi connectivity index (χ4v) is 2.13. The van der Waals surface area contributed by atoms with Crippen LogP contribution in [-0.2, 0) is 11.3 Å². The lowest BCUT2D eigenvalue weighted by Crippen LogP contribution is -2.17. The van der Waals surface area contributed by atoms with E-state index in [1.807, 2.05) is 30.5 Å². The summed E-state index contributed by atoms with van der Waals surface area (Å²) in [5.41, 5.74) is 2.70. The van der Waals surface area contributed by atoms with Gasteiger partial charge in [-0.05, 0) is 42.3 Å². The quantitative estimate of drug-likeness (QED) is 0.686. The third kappa shape index (κ3) is 5.27. The Hall–Kier alpha value is -2.24. The van der Waals surface area contributed by atoms with E-state index in [1.54, 1.807) is 18.3 Å². The molecule has 2 rings (SSSR count). The molecule has 0 bridgehead atoms. The molecule has 1 aromatic heterocycles. The van der Waals surface area contributed by atoms with Gasteiger partial charge in [-0.15, -0.1) is 0 Å². The lowest BCUT2D eigenvalue weighted by molar-refractivity contribution is -0.114. The maximum Gasteiger partial charge on any atom is 0.221 e. The van der Waals surface area contributed by atoms with Crippen molar-refractivity contribution < 1.29 is 9.90 Å². The van der Waals surface area contributed by atoms with Crippen LogP contribution in [-0.4, -0.2) is 22.5 Å². The molecule has 2 aromatic rings. The van der Waals surface area contributed by atoms with E-state index in [2.05, 4.69) is 15.6 Å². The van der Waals surface area contributed by atoms with E-state index in [-0.39, 0.29) is 5.91 Å². The Morgan fingerprint density at radius 3 is 2.68 bits per heavy atom. The first-order chi connectivity index (χ1) is 10.6. The molecule has 0 aliphatic carbocycles. The van der Waals surface area contributed by atoms with Gasteiger partial charge in [0.2, 0.25) is 5.91 Å². The molecule has 0 spiro atoms. The molecule has 5 heteroatoms. The van der Waals surface area contributed by atoms with Gasteiger partial charge in [0, 0.05) is 31.5 Å². The second kappa shape index (κ2) is 8.26. The summed E-state index contributed by atoms with van der Waals surface area (Å²) in [7, 11) is 0. The van der Waals surface area contributed by atoms with Crippen LogP contribution in [0, 0.1) is 0 Å². The van der Waals surface area contributed by atoms with Gasteiger partial charge in [0.05, 0.1) is 6.10 Å². The van der Waals surface area contributed by atoms with E-state index in [0.717, 1.165) is 23.4 Å². The highest BCUT2D eigenvalue weighted by molar-refractivity contribution is 5.88. The van der Waals surface area contributed by atoms with Gasteiger partial charge in [-0.1, -0.05) is 18.2 Å². The summed E-state index contributed by atoms with van der Waals surface area (Å²) in [6.45, 7) is 2.92. The molecule has 0 aliphatic heterocycles. The van der Waals surface area contributed by atoms with E-state index in [9.17, 15) is 9.90 Å². The molecule has 0 radical (unpaired) electrons. The van der Waals surface area contributed by atoms with Crippen molar-refractivity contribution in [3.05, 3.63) is 59.9 Å². The first-order valence-electron chi connectivity index (χ1n) is 7.30. The Morgan fingerprint density at radius 2 is 2.05 bits per heavy atom. The zero-order chi connectivity index (χ0) is 15.8. The Balaban J connectivity index is 1.74. The standard InChI is InChI=1S/C17H21N3O2/c1-13(21)20-16-6-4-15(5-7-16)17(22)8-10-19-12-14-3-2-9-18-11-14/h2-7,9,11,17,19,22H,8,10,12H2,1H3,(H,20,21). The normalized spacial score (nSPS) is 11.9. The maximum absolute atomic E-state index is 11.0. The fourth-order valence-electron chi connectivity index (χ4n) is 2.13. The number of anilines is 1. The van der Waals surface area contributed by atoms with Crippen molar-refractivity contribution in [3.63, 3.8) is 0 Å². The van der Waals surface area contributed by atoms with Gasteiger partial charge in [-0.25, -0.2) is 0 Å². The molecule has 0 saturated carbocycles. The number of rotatable bonds is 7. The van der Waals surface area contributed by atoms with Crippen molar-refractivity contribution in [1.29, 1.82) is 0 Å². The molecule has 1 heterocycles. The van der Waals surface area contributed by atoms with Gasteiger partial charge in [-0.3, -0.25) is 9.78 Å². The van der Waals surface area contributed by atoms with Gasteiger partial charge >= 0.3 is 0 Å². The van der Waals surface area contributed by atoms with Crippen LogP contribution in [0.15, 0.2) is 48.8 Å². The van der Waals surface area contributed by atoms with E-state index < -0.39 is 6.10 Å². The summed E-state index contributed by atoms with van der Waals surface area (Å²) in [6.07, 6.45) is 3.68. The van der Waals surface area contributed by atoms with Gasteiger partial charge in [0.1, 0.15) is 0 Å². The van der Waals surface area contributed by atoms with Crippen LogP contribution >= 0.6 is 0 Å². The van der Waals surface area contributed by atoms with Gasteiger partial charge in [0.25, 0.3) is 0 Å². The zero-order valence-electron chi connectivity index (χ0n) is 12.6. The van der Waals surface area contributed by atoms with Crippen LogP contribution in [0.1, 0.15) is 30.6 Å². The summed E-state index contributed by atoms with van der Waals surface area (Å²) in [4.78, 5) is 15.0. The van der Waals surface area contributed by atoms with E-state index >= 15 is 0 Å². The van der Waals surface area contributed by atoms with E-state index in [1.165, 1.54) is 6.92 Å². The molecule has 3 N–H and O–H groups in total. The molecule has 22 heavy (non-hydrogen) atoms. The highest BCUT2D eigenvalue weighted by atomic mass is 16.3. The SMILES string of the molecule is CC(=O)Nc1ccc(C(O)CCNCc2cccnc2)cc1. The van der Waals surface area contributed by atoms with Crippen LogP contribution in [0.4, 0.5) is 5.69 Å². The molecular formula is C17H21N3O2. The predicted molar refractivity (Wildman–Crippen MR) is 86.3 cm³/mol. The topological polar surface area (TPSA) is 74.2 Å². The molecule has 116 valence electrons. The molecule has 0 aliphatic rings. The first-order valence-corrected chi connectivity index (χ1v) is 7.30. The number of hydrogen-bond acceptors (Lipinski definition) is 4. The summed E-state index contributed by atoms with van der Waals surface area (Å²) in [5.74, 6) is -0.104. The summed E-state index contributed by atoms with van der Waals surface area (Å²) in [6, 6.07) is 11.2. The lowest BCUT2D eigenvalue weighted by Gasteiger charge is -2.12. The monoisotopic (exact) mass is 299 g/mol. The number of benzene rings is 1. The summed E-state index contributed by atoms with van der Waals surface area (Å²) >= 11 is 0. The molecule has 1 amide bonds. The third-order valence-electron chi connectivity index (χ3n) is 3.26. The Kier molecular flexibility index (Phi) is 6.06. The number of pyridine rings is 1. The average Bonchev–Trinajstić information content (AvgIpc) is 2.52. The summed E-state index contributed by atoms with van der Waals surface area (Å²) in [5, 5.41) is 16.1. The molecule has 1 unspecified atom stereocenters. The van der Waals surface area contributed by atoms with Crippen molar-refractivity contribution in [1.82, 2.24) is 10.3 Å². The number of carbonyl (C=O) groups is 1. The van der Waals surface area contributed by atoms with Crippen LogP contribution in [0.3, 0.4) is 0 Å². The fraction of sp³-hybridized carbons (Fsp3) is 0.294. The molecule has 0 saturated heterocycles. The Labute approximate surface area is 130 Å². The minimum absolute atomic E-state index is 0.104. The molecule has 5 nitrogen and oxygen atoms in total. The second-order valence-corrected chi connectivity index (χ2v) is 5.15. The maximum atomic E-state index is 11.0. The smallest absolute Gasteiger partial charge is 0.221 e. The zero-order valence-corrected chi connectivity index (χ0v) is 12.6. The lowest BCUT2D eigenvalue weighted by atomic mass is 10.1. The van der Waals surface area contributed by atoms with E-state index in [4.69, 9.17) is 0 Å². The number of aliphatic hydroxyl groups is 1. The number of aliphatic hydroxyl groups excluding tert-OH is 1. The predicted octanol–water partition coefficient (Wildman–Crippen LogP) is 2.25. The van der Waals surface area contributed by atoms with Crippen LogP contribution < -0.4 is 10.6 Å². The van der Waals surface area contributed by atoms with Crippen molar-refractivity contribution >= 4 is 11.6 Å². The molecule has 0 fully saturated rings. The van der Waals surface area contributed by atoms with E-state index in [0.29, 0.717) is 13.0 Å². The second-order valence-electron chi connectivity index (χ2n) is 5.15. The van der Waals surface area contributed by atoms with Crippen LogP contribution in [0.2, 0.25) is 0 Å². The molecule has 1 atom stereocenters. The largest absolute Gasteiger partial charge is 0.388 e. The Bertz CT molecular complexity index is 585. The molecular weight excluding hydrogens is 278 g/mol. The number of aromatic nitrogens is 1. The highest BCUT2D eigenvalue weighted by Gasteiger charge is 2.07. The van der Waals surface area contributed by atoms with Gasteiger partial charge < -0.3 is 15.7 Å². The number of hydrogen-bond donors (Lipinski definition) is 3. The average molecular weight is 299 g/mol. The minimum atomic E-state index is -0.521. The van der Waals surface area contributed by atoms with Crippen molar-refractivity contribution in [2.75, 3.05) is 11.9 Å². The summed E-state index contributed by atoms with van der Waals surface area (Å²) < 4.78 is 0. The molecule has 1 aromatic carbocycles. The van der Waals surface area contributed by atoms with Crippen LogP contribution in [0.5, 0.6) is 0 Å².